The number of hydrogen-bond donors (Lipinski definition) is 1. The smallest absolute Gasteiger partial charge is 0.180 e. The van der Waals surface area contributed by atoms with Crippen LogP contribution in [0.3, 0.4) is 0 Å². The Morgan fingerprint density at radius 2 is 1.83 bits per heavy atom. The zero-order chi connectivity index (χ0) is 24.6. The Morgan fingerprint density at radius 3 is 2.58 bits per heavy atom. The second-order valence-electron chi connectivity index (χ2n) is 9.95. The molecule has 0 amide bonds. The first kappa shape index (κ1) is 24.3. The largest absolute Gasteiger partial charge is 0.256 e. The second-order valence-corrected chi connectivity index (χ2v) is 9.95. The van der Waals surface area contributed by atoms with Gasteiger partial charge in [-0.15, -0.1) is 5.10 Å². The molecule has 8 heteroatoms. The van der Waals surface area contributed by atoms with Crippen LogP contribution in [0.2, 0.25) is 0 Å². The number of unbranched alkanes of at least 4 members (excludes halogenated alkanes) is 2. The van der Waals surface area contributed by atoms with E-state index in [1.54, 1.807) is 0 Å². The van der Waals surface area contributed by atoms with Crippen molar-refractivity contribution in [1.82, 2.24) is 40.4 Å². The minimum atomic E-state index is 0.636. The third kappa shape index (κ3) is 6.04. The number of rotatable bonds is 11. The lowest BCUT2D eigenvalue weighted by Crippen LogP contribution is -2.09. The summed E-state index contributed by atoms with van der Waals surface area (Å²) in [7, 11) is 0. The van der Waals surface area contributed by atoms with Crippen molar-refractivity contribution >= 4 is 0 Å². The molecule has 1 aromatic carbocycles. The molecular formula is C28H36N8. The van der Waals surface area contributed by atoms with E-state index in [2.05, 4.69) is 44.4 Å². The number of benzene rings is 1. The normalized spacial score (nSPS) is 14.4. The lowest BCUT2D eigenvalue weighted by atomic mass is 9.86. The number of aryl methyl sites for hydroxylation is 2. The molecule has 0 saturated heterocycles. The molecule has 1 aliphatic carbocycles. The summed E-state index contributed by atoms with van der Waals surface area (Å²) in [5, 5.41) is 19.3. The van der Waals surface area contributed by atoms with Gasteiger partial charge in [0.1, 0.15) is 5.82 Å². The van der Waals surface area contributed by atoms with Gasteiger partial charge in [-0.25, -0.2) is 14.8 Å². The molecule has 0 unspecified atom stereocenters. The van der Waals surface area contributed by atoms with Gasteiger partial charge in [0.05, 0.1) is 12.2 Å². The Kier molecular flexibility index (Phi) is 8.10. The van der Waals surface area contributed by atoms with Gasteiger partial charge in [0.2, 0.25) is 0 Å². The van der Waals surface area contributed by atoms with Crippen LogP contribution >= 0.6 is 0 Å². The highest BCUT2D eigenvalue weighted by atomic mass is 15.5. The summed E-state index contributed by atoms with van der Waals surface area (Å²) in [4.78, 5) is 9.76. The number of pyridine rings is 1. The Hall–Kier alpha value is -3.42. The van der Waals surface area contributed by atoms with Crippen LogP contribution in [-0.2, 0) is 19.4 Å². The van der Waals surface area contributed by atoms with Gasteiger partial charge in [0, 0.05) is 30.2 Å². The predicted octanol–water partition coefficient (Wildman–Crippen LogP) is 5.81. The highest BCUT2D eigenvalue weighted by Gasteiger charge is 2.17. The Bertz CT molecular complexity index is 1210. The number of nitrogens with one attached hydrogen (secondary N) is 1. The van der Waals surface area contributed by atoms with Crippen molar-refractivity contribution in [2.24, 2.45) is 5.92 Å². The van der Waals surface area contributed by atoms with Gasteiger partial charge < -0.3 is 0 Å². The highest BCUT2D eigenvalue weighted by molar-refractivity contribution is 5.78. The average molecular weight is 485 g/mol. The lowest BCUT2D eigenvalue weighted by molar-refractivity contribution is 0.337. The molecule has 0 aliphatic heterocycles. The molecule has 1 saturated carbocycles. The van der Waals surface area contributed by atoms with Crippen molar-refractivity contribution in [1.29, 1.82) is 0 Å². The summed E-state index contributed by atoms with van der Waals surface area (Å²) in [6, 6.07) is 12.2. The summed E-state index contributed by atoms with van der Waals surface area (Å²) < 4.78 is 2.11. The number of aromatic nitrogens is 8. The second kappa shape index (κ2) is 12.0. The Morgan fingerprint density at radius 1 is 0.972 bits per heavy atom. The van der Waals surface area contributed by atoms with Crippen LogP contribution in [0.1, 0.15) is 81.9 Å². The van der Waals surface area contributed by atoms with Crippen molar-refractivity contribution in [3.8, 4) is 22.6 Å². The van der Waals surface area contributed by atoms with Crippen LogP contribution in [0.4, 0.5) is 0 Å². The first-order valence-electron chi connectivity index (χ1n) is 13.5. The molecule has 3 aromatic heterocycles. The topological polar surface area (TPSA) is 98.1 Å². The molecule has 1 aliphatic rings. The van der Waals surface area contributed by atoms with Crippen molar-refractivity contribution in [3.63, 3.8) is 0 Å². The average Bonchev–Trinajstić information content (AvgIpc) is 3.59. The van der Waals surface area contributed by atoms with Gasteiger partial charge >= 0.3 is 0 Å². The Balaban J connectivity index is 1.31. The van der Waals surface area contributed by atoms with Crippen molar-refractivity contribution < 1.29 is 0 Å². The first-order valence-corrected chi connectivity index (χ1v) is 13.5. The molecule has 188 valence electrons. The zero-order valence-electron chi connectivity index (χ0n) is 21.2. The fraction of sp³-hybridized carbons (Fsp3) is 0.500. The summed E-state index contributed by atoms with van der Waals surface area (Å²) in [5.74, 6) is 3.60. The first-order chi connectivity index (χ1) is 17.8. The highest BCUT2D eigenvalue weighted by Crippen LogP contribution is 2.29. The van der Waals surface area contributed by atoms with E-state index in [1.165, 1.54) is 51.4 Å². The predicted molar refractivity (Wildman–Crippen MR) is 140 cm³/mol. The van der Waals surface area contributed by atoms with Crippen LogP contribution in [-0.4, -0.2) is 40.4 Å². The molecule has 0 atom stereocenters. The fourth-order valence-corrected chi connectivity index (χ4v) is 5.22. The Labute approximate surface area is 213 Å². The van der Waals surface area contributed by atoms with Crippen molar-refractivity contribution in [3.05, 3.63) is 59.8 Å². The maximum atomic E-state index is 4.98. The number of tetrazole rings is 1. The summed E-state index contributed by atoms with van der Waals surface area (Å²) in [6.07, 6.45) is 15.6. The fourth-order valence-electron chi connectivity index (χ4n) is 5.22. The van der Waals surface area contributed by atoms with Gasteiger partial charge in [-0.2, -0.15) is 5.10 Å². The lowest BCUT2D eigenvalue weighted by Gasteiger charge is -2.20. The van der Waals surface area contributed by atoms with Gasteiger partial charge in [-0.3, -0.25) is 4.98 Å². The van der Waals surface area contributed by atoms with Crippen LogP contribution in [0.15, 0.2) is 42.6 Å². The van der Waals surface area contributed by atoms with Crippen LogP contribution in [0.5, 0.6) is 0 Å². The molecule has 1 fully saturated rings. The van der Waals surface area contributed by atoms with E-state index in [1.807, 2.05) is 30.5 Å². The maximum absolute atomic E-state index is 4.98. The number of aromatic amines is 1. The van der Waals surface area contributed by atoms with E-state index in [-0.39, 0.29) is 0 Å². The van der Waals surface area contributed by atoms with Crippen LogP contribution < -0.4 is 0 Å². The minimum Gasteiger partial charge on any atom is -0.256 e. The van der Waals surface area contributed by atoms with Gasteiger partial charge in [0.15, 0.2) is 11.6 Å². The molecule has 4 aromatic rings. The van der Waals surface area contributed by atoms with E-state index in [0.29, 0.717) is 12.4 Å². The summed E-state index contributed by atoms with van der Waals surface area (Å²) in [6.45, 7) is 2.93. The molecule has 8 nitrogen and oxygen atoms in total. The molecule has 0 radical (unpaired) electrons. The van der Waals surface area contributed by atoms with Gasteiger partial charge in [0.25, 0.3) is 0 Å². The van der Waals surface area contributed by atoms with Gasteiger partial charge in [-0.1, -0.05) is 82.2 Å². The molecule has 0 bridgehead atoms. The molecule has 1 N–H and O–H groups in total. The molecule has 0 spiro atoms. The van der Waals surface area contributed by atoms with E-state index < -0.39 is 0 Å². The maximum Gasteiger partial charge on any atom is 0.180 e. The van der Waals surface area contributed by atoms with E-state index >= 15 is 0 Å². The number of H-pyrrole nitrogens is 1. The van der Waals surface area contributed by atoms with Crippen LogP contribution in [0.25, 0.3) is 22.6 Å². The third-order valence-electron chi connectivity index (χ3n) is 7.26. The van der Waals surface area contributed by atoms with E-state index in [9.17, 15) is 0 Å². The number of nitrogens with zero attached hydrogens (tertiary/aromatic N) is 7. The molecule has 3 heterocycles. The monoisotopic (exact) mass is 484 g/mol. The van der Waals surface area contributed by atoms with E-state index in [4.69, 9.17) is 15.1 Å². The third-order valence-corrected chi connectivity index (χ3v) is 7.26. The minimum absolute atomic E-state index is 0.636. The summed E-state index contributed by atoms with van der Waals surface area (Å²) >= 11 is 0. The van der Waals surface area contributed by atoms with Gasteiger partial charge in [-0.05, 0) is 40.8 Å². The number of hydrogen-bond acceptors (Lipinski definition) is 6. The van der Waals surface area contributed by atoms with Crippen LogP contribution in [0, 0.1) is 5.92 Å². The molecule has 36 heavy (non-hydrogen) atoms. The SMILES string of the molecule is CCCCCc1nc(CCC2CCCCC2)nn1Cc1ccc(-c2ccccc2-c2nnn[nH]2)nc1. The molecular weight excluding hydrogens is 448 g/mol. The van der Waals surface area contributed by atoms with Crippen molar-refractivity contribution in [2.75, 3.05) is 0 Å². The van der Waals surface area contributed by atoms with Crippen molar-refractivity contribution in [2.45, 2.75) is 84.1 Å². The molecule has 5 rings (SSSR count). The quantitative estimate of drug-likeness (QED) is 0.270. The zero-order valence-corrected chi connectivity index (χ0v) is 21.2. The standard InChI is InChI=1S/C28H36N8/c1-2-3-5-14-27-30-26(18-16-21-10-6-4-7-11-21)33-36(27)20-22-15-17-25(29-19-22)23-12-8-9-13-24(23)28-31-34-35-32-28/h8-9,12-13,15,17,19,21H,2-7,10-11,14,16,18,20H2,1H3,(H,31,32,34,35). The summed E-state index contributed by atoms with van der Waals surface area (Å²) in [5.41, 5.74) is 3.94. The van der Waals surface area contributed by atoms with E-state index in [0.717, 1.165) is 59.2 Å².